The summed E-state index contributed by atoms with van der Waals surface area (Å²) in [5.41, 5.74) is 2.04. The van der Waals surface area contributed by atoms with Gasteiger partial charge >= 0.3 is 0 Å². The lowest BCUT2D eigenvalue weighted by atomic mass is 10.0. The molecule has 4 rings (SSSR count). The van der Waals surface area contributed by atoms with Crippen LogP contribution >= 0.6 is 0 Å². The molecule has 0 unspecified atom stereocenters. The third kappa shape index (κ3) is 3.01. The van der Waals surface area contributed by atoms with Crippen molar-refractivity contribution < 1.29 is 18.7 Å². The molecule has 2 atom stereocenters. The minimum Gasteiger partial charge on any atom is -0.494 e. The molecule has 2 aliphatic rings. The van der Waals surface area contributed by atoms with Crippen LogP contribution in [0.1, 0.15) is 34.9 Å². The van der Waals surface area contributed by atoms with Crippen molar-refractivity contribution in [2.75, 3.05) is 25.6 Å². The van der Waals surface area contributed by atoms with Crippen LogP contribution in [0.5, 0.6) is 5.75 Å². The van der Waals surface area contributed by atoms with Crippen LogP contribution in [-0.4, -0.2) is 37.2 Å². The topological polar surface area (TPSA) is 50.8 Å². The maximum absolute atomic E-state index is 14.2. The second kappa shape index (κ2) is 6.96. The minimum absolute atomic E-state index is 0.0107. The van der Waals surface area contributed by atoms with Crippen LogP contribution in [0.2, 0.25) is 0 Å². The van der Waals surface area contributed by atoms with E-state index in [-0.39, 0.29) is 17.8 Å². The summed E-state index contributed by atoms with van der Waals surface area (Å²) in [7, 11) is 1.43. The van der Waals surface area contributed by atoms with Crippen molar-refractivity contribution in [3.05, 3.63) is 59.4 Å². The first-order valence-corrected chi connectivity index (χ1v) is 8.79. The van der Waals surface area contributed by atoms with Gasteiger partial charge in [0.1, 0.15) is 6.17 Å². The van der Waals surface area contributed by atoms with E-state index in [1.807, 2.05) is 18.2 Å². The summed E-state index contributed by atoms with van der Waals surface area (Å²) in [5.74, 6) is -0.340. The zero-order valence-corrected chi connectivity index (χ0v) is 14.6. The third-order valence-electron chi connectivity index (χ3n) is 4.94. The van der Waals surface area contributed by atoms with Gasteiger partial charge in [0.25, 0.3) is 5.91 Å². The summed E-state index contributed by atoms with van der Waals surface area (Å²) in [5, 5.41) is 3.37. The van der Waals surface area contributed by atoms with Crippen molar-refractivity contribution in [2.24, 2.45) is 0 Å². The first-order valence-electron chi connectivity index (χ1n) is 8.79. The van der Waals surface area contributed by atoms with Crippen LogP contribution in [0, 0.1) is 5.82 Å². The van der Waals surface area contributed by atoms with Crippen molar-refractivity contribution in [2.45, 2.75) is 25.1 Å². The van der Waals surface area contributed by atoms with Gasteiger partial charge in [-0.25, -0.2) is 4.39 Å². The second-order valence-electron chi connectivity index (χ2n) is 6.58. The first-order chi connectivity index (χ1) is 12.7. The lowest BCUT2D eigenvalue weighted by Crippen LogP contribution is -2.46. The van der Waals surface area contributed by atoms with E-state index in [2.05, 4.69) is 5.32 Å². The van der Waals surface area contributed by atoms with Crippen molar-refractivity contribution in [3.8, 4) is 5.75 Å². The second-order valence-corrected chi connectivity index (χ2v) is 6.58. The summed E-state index contributed by atoms with van der Waals surface area (Å²) in [4.78, 5) is 14.8. The molecule has 2 aromatic carbocycles. The molecule has 5 nitrogen and oxygen atoms in total. The molecule has 1 N–H and O–H groups in total. The van der Waals surface area contributed by atoms with Crippen molar-refractivity contribution in [1.82, 2.24) is 4.90 Å². The molecule has 26 heavy (non-hydrogen) atoms. The van der Waals surface area contributed by atoms with Gasteiger partial charge < -0.3 is 19.7 Å². The summed E-state index contributed by atoms with van der Waals surface area (Å²) in [6.45, 7) is 1.19. The third-order valence-corrected chi connectivity index (χ3v) is 4.94. The van der Waals surface area contributed by atoms with Gasteiger partial charge in [-0.15, -0.1) is 0 Å². The fraction of sp³-hybridized carbons (Fsp3) is 0.350. The molecular formula is C20H21FN2O3. The molecule has 0 bridgehead atoms. The number of amides is 1. The van der Waals surface area contributed by atoms with Crippen LogP contribution in [0.4, 0.5) is 10.1 Å². The Kier molecular flexibility index (Phi) is 4.51. The van der Waals surface area contributed by atoms with Gasteiger partial charge in [-0.3, -0.25) is 4.79 Å². The fourth-order valence-electron chi connectivity index (χ4n) is 3.60. The number of fused-ring (bicyclic) bond motifs is 1. The number of anilines is 1. The molecule has 1 fully saturated rings. The highest BCUT2D eigenvalue weighted by Gasteiger charge is 2.35. The number of para-hydroxylation sites is 1. The Labute approximate surface area is 151 Å². The molecule has 0 aromatic heterocycles. The van der Waals surface area contributed by atoms with E-state index >= 15 is 0 Å². The van der Waals surface area contributed by atoms with Crippen LogP contribution in [-0.2, 0) is 4.74 Å². The lowest BCUT2D eigenvalue weighted by molar-refractivity contribution is 0.0426. The van der Waals surface area contributed by atoms with Crippen molar-refractivity contribution >= 4 is 11.6 Å². The highest BCUT2D eigenvalue weighted by atomic mass is 19.1. The van der Waals surface area contributed by atoms with Crippen molar-refractivity contribution in [3.63, 3.8) is 0 Å². The van der Waals surface area contributed by atoms with E-state index in [0.717, 1.165) is 25.1 Å². The molecule has 0 spiro atoms. The number of ether oxygens (including phenoxy) is 2. The average molecular weight is 356 g/mol. The quantitative estimate of drug-likeness (QED) is 0.910. The maximum Gasteiger partial charge on any atom is 0.257 e. The van der Waals surface area contributed by atoms with Crippen LogP contribution in [0.25, 0.3) is 0 Å². The Bertz CT molecular complexity index is 820. The monoisotopic (exact) mass is 356 g/mol. The highest BCUT2D eigenvalue weighted by Crippen LogP contribution is 2.35. The first kappa shape index (κ1) is 16.8. The van der Waals surface area contributed by atoms with E-state index in [1.54, 1.807) is 23.1 Å². The van der Waals surface area contributed by atoms with E-state index in [4.69, 9.17) is 9.47 Å². The normalized spacial score (nSPS) is 22.1. The Balaban J connectivity index is 1.71. The largest absolute Gasteiger partial charge is 0.494 e. The standard InChI is InChI=1S/C20H21FN2O3/c1-25-18-9-8-13(11-16(18)21)19-22-17-7-3-2-6-15(17)20(24)23(19)12-14-5-4-10-26-14/h2-3,6-9,11,14,19,22H,4-5,10,12H2,1H3/t14-,19-/m0/s1. The number of carbonyl (C=O) groups is 1. The molecule has 0 aliphatic carbocycles. The number of hydrogen-bond donors (Lipinski definition) is 1. The average Bonchev–Trinajstić information content (AvgIpc) is 3.17. The van der Waals surface area contributed by atoms with Gasteiger partial charge in [-0.2, -0.15) is 0 Å². The molecular weight excluding hydrogens is 335 g/mol. The van der Waals surface area contributed by atoms with Gasteiger partial charge in [-0.1, -0.05) is 18.2 Å². The summed E-state index contributed by atoms with van der Waals surface area (Å²) in [6, 6.07) is 12.2. The predicted octanol–water partition coefficient (Wildman–Crippen LogP) is 3.58. The summed E-state index contributed by atoms with van der Waals surface area (Å²) < 4.78 is 25.0. The number of carbonyl (C=O) groups excluding carboxylic acids is 1. The number of nitrogens with one attached hydrogen (secondary N) is 1. The SMILES string of the molecule is COc1ccc([C@H]2Nc3ccccc3C(=O)N2C[C@@H]2CCCO2)cc1F. The van der Waals surface area contributed by atoms with Crippen LogP contribution < -0.4 is 10.1 Å². The molecule has 2 heterocycles. The maximum atomic E-state index is 14.2. The Morgan fingerprint density at radius 1 is 1.31 bits per heavy atom. The number of benzene rings is 2. The van der Waals surface area contributed by atoms with E-state index < -0.39 is 12.0 Å². The van der Waals surface area contributed by atoms with Gasteiger partial charge in [0.05, 0.1) is 18.8 Å². The molecule has 136 valence electrons. The summed E-state index contributed by atoms with van der Waals surface area (Å²) in [6.07, 6.45) is 1.48. The van der Waals surface area contributed by atoms with E-state index in [1.165, 1.54) is 13.2 Å². The van der Waals surface area contributed by atoms with E-state index in [0.29, 0.717) is 17.7 Å². The molecule has 2 aromatic rings. The molecule has 2 aliphatic heterocycles. The predicted molar refractivity (Wildman–Crippen MR) is 95.8 cm³/mol. The number of hydrogen-bond acceptors (Lipinski definition) is 4. The lowest BCUT2D eigenvalue weighted by Gasteiger charge is -2.39. The van der Waals surface area contributed by atoms with E-state index in [9.17, 15) is 9.18 Å². The smallest absolute Gasteiger partial charge is 0.257 e. The number of halogens is 1. The van der Waals surface area contributed by atoms with Crippen LogP contribution in [0.15, 0.2) is 42.5 Å². The highest BCUT2D eigenvalue weighted by molar-refractivity contribution is 6.01. The molecule has 0 radical (unpaired) electrons. The zero-order valence-electron chi connectivity index (χ0n) is 14.6. The molecule has 0 saturated carbocycles. The van der Waals surface area contributed by atoms with Crippen LogP contribution in [0.3, 0.4) is 0 Å². The Morgan fingerprint density at radius 2 is 2.15 bits per heavy atom. The van der Waals surface area contributed by atoms with Crippen molar-refractivity contribution in [1.29, 1.82) is 0 Å². The minimum atomic E-state index is -0.456. The Morgan fingerprint density at radius 3 is 2.88 bits per heavy atom. The zero-order chi connectivity index (χ0) is 18.1. The summed E-state index contributed by atoms with van der Waals surface area (Å²) >= 11 is 0. The number of methoxy groups -OCH3 is 1. The van der Waals surface area contributed by atoms with Gasteiger partial charge in [0.2, 0.25) is 0 Å². The molecule has 6 heteroatoms. The van der Waals surface area contributed by atoms with Gasteiger partial charge in [0.15, 0.2) is 11.6 Å². The fourth-order valence-corrected chi connectivity index (χ4v) is 3.60. The Hall–Kier alpha value is -2.60. The van der Waals surface area contributed by atoms with Gasteiger partial charge in [0, 0.05) is 18.8 Å². The number of nitrogens with zero attached hydrogens (tertiary/aromatic N) is 1. The molecule has 1 amide bonds. The van der Waals surface area contributed by atoms with Gasteiger partial charge in [-0.05, 0) is 42.7 Å². The number of rotatable bonds is 4. The molecule has 1 saturated heterocycles.